The van der Waals surface area contributed by atoms with Crippen LogP contribution in [-0.2, 0) is 13.6 Å². The summed E-state index contributed by atoms with van der Waals surface area (Å²) in [7, 11) is 1.78. The number of hydrogen-bond donors (Lipinski definition) is 1. The molecule has 0 aliphatic heterocycles. The third-order valence-corrected chi connectivity index (χ3v) is 2.72. The van der Waals surface area contributed by atoms with Crippen LogP contribution >= 0.6 is 0 Å². The van der Waals surface area contributed by atoms with Gasteiger partial charge in [0.1, 0.15) is 5.82 Å². The highest BCUT2D eigenvalue weighted by molar-refractivity contribution is 5.48. The van der Waals surface area contributed by atoms with Gasteiger partial charge in [0.05, 0.1) is 21.9 Å². The number of benzene rings is 1. The molecule has 0 unspecified atom stereocenters. The summed E-state index contributed by atoms with van der Waals surface area (Å²) in [5, 5.41) is 18.0. The molecule has 19 heavy (non-hydrogen) atoms. The van der Waals surface area contributed by atoms with Gasteiger partial charge in [-0.25, -0.2) is 4.39 Å². The Morgan fingerprint density at radius 2 is 2.26 bits per heavy atom. The van der Waals surface area contributed by atoms with Crippen molar-refractivity contribution >= 4 is 11.4 Å². The van der Waals surface area contributed by atoms with E-state index >= 15 is 0 Å². The van der Waals surface area contributed by atoms with Gasteiger partial charge in [-0.15, -0.1) is 0 Å². The Morgan fingerprint density at radius 1 is 1.53 bits per heavy atom. The van der Waals surface area contributed by atoms with E-state index in [-0.39, 0.29) is 12.2 Å². The zero-order valence-electron chi connectivity index (χ0n) is 10.6. The first kappa shape index (κ1) is 13.0. The average molecular weight is 264 g/mol. The summed E-state index contributed by atoms with van der Waals surface area (Å²) < 4.78 is 14.8. The van der Waals surface area contributed by atoms with Crippen LogP contribution in [-0.4, -0.2) is 14.7 Å². The van der Waals surface area contributed by atoms with Crippen molar-refractivity contribution in [3.8, 4) is 0 Å². The van der Waals surface area contributed by atoms with Crippen molar-refractivity contribution < 1.29 is 9.31 Å². The third-order valence-electron chi connectivity index (χ3n) is 2.72. The molecule has 7 heteroatoms. The first-order valence-electron chi connectivity index (χ1n) is 5.64. The van der Waals surface area contributed by atoms with Gasteiger partial charge in [-0.05, 0) is 19.1 Å². The molecule has 1 heterocycles. The SMILES string of the molecule is Cc1nn(C)cc1NCc1cc(F)ccc1[N+](=O)[O-]. The molecule has 2 rings (SSSR count). The molecule has 1 N–H and O–H groups in total. The van der Waals surface area contributed by atoms with E-state index in [1.807, 2.05) is 6.92 Å². The van der Waals surface area contributed by atoms with Gasteiger partial charge in [-0.1, -0.05) is 0 Å². The minimum Gasteiger partial charge on any atom is -0.378 e. The summed E-state index contributed by atoms with van der Waals surface area (Å²) in [6.45, 7) is 1.99. The van der Waals surface area contributed by atoms with Crippen molar-refractivity contribution in [3.63, 3.8) is 0 Å². The number of nitrogens with zero attached hydrogens (tertiary/aromatic N) is 3. The number of aryl methyl sites for hydroxylation is 2. The largest absolute Gasteiger partial charge is 0.378 e. The van der Waals surface area contributed by atoms with E-state index in [1.54, 1.807) is 17.9 Å². The van der Waals surface area contributed by atoms with E-state index in [2.05, 4.69) is 10.4 Å². The number of nitro groups is 1. The van der Waals surface area contributed by atoms with Gasteiger partial charge in [0.2, 0.25) is 0 Å². The van der Waals surface area contributed by atoms with Crippen LogP contribution < -0.4 is 5.32 Å². The monoisotopic (exact) mass is 264 g/mol. The Balaban J connectivity index is 2.21. The number of aromatic nitrogens is 2. The molecule has 1 aromatic heterocycles. The van der Waals surface area contributed by atoms with Gasteiger partial charge in [0.15, 0.2) is 0 Å². The van der Waals surface area contributed by atoms with Crippen molar-refractivity contribution in [2.24, 2.45) is 7.05 Å². The number of hydrogen-bond acceptors (Lipinski definition) is 4. The van der Waals surface area contributed by atoms with Crippen LogP contribution in [0.4, 0.5) is 15.8 Å². The van der Waals surface area contributed by atoms with E-state index in [0.29, 0.717) is 5.56 Å². The van der Waals surface area contributed by atoms with E-state index in [9.17, 15) is 14.5 Å². The molecule has 6 nitrogen and oxygen atoms in total. The highest BCUT2D eigenvalue weighted by Crippen LogP contribution is 2.21. The molecule has 0 fully saturated rings. The molecule has 2 aromatic rings. The fraction of sp³-hybridized carbons (Fsp3) is 0.250. The van der Waals surface area contributed by atoms with Crippen LogP contribution in [0, 0.1) is 22.9 Å². The Labute approximate surface area is 109 Å². The van der Waals surface area contributed by atoms with Crippen LogP contribution in [0.1, 0.15) is 11.3 Å². The molecule has 0 aliphatic carbocycles. The van der Waals surface area contributed by atoms with E-state index in [0.717, 1.165) is 23.5 Å². The molecular formula is C12H13FN4O2. The molecule has 100 valence electrons. The normalized spacial score (nSPS) is 10.5. The summed E-state index contributed by atoms with van der Waals surface area (Å²) in [5.41, 5.74) is 1.74. The third kappa shape index (κ3) is 2.87. The molecule has 0 bridgehead atoms. The first-order chi connectivity index (χ1) is 8.97. The predicted molar refractivity (Wildman–Crippen MR) is 68.3 cm³/mol. The van der Waals surface area contributed by atoms with Gasteiger partial charge in [0, 0.05) is 25.9 Å². The van der Waals surface area contributed by atoms with Crippen LogP contribution in [0.2, 0.25) is 0 Å². The Bertz CT molecular complexity index is 624. The Hall–Kier alpha value is -2.44. The molecule has 0 radical (unpaired) electrons. The predicted octanol–water partition coefficient (Wildman–Crippen LogP) is 2.39. The minimum atomic E-state index is -0.521. The summed E-state index contributed by atoms with van der Waals surface area (Å²) >= 11 is 0. The van der Waals surface area contributed by atoms with Crippen LogP contribution in [0.5, 0.6) is 0 Å². The van der Waals surface area contributed by atoms with Crippen molar-refractivity contribution in [1.29, 1.82) is 0 Å². The van der Waals surface area contributed by atoms with Crippen molar-refractivity contribution in [1.82, 2.24) is 9.78 Å². The molecule has 1 aromatic carbocycles. The fourth-order valence-electron chi connectivity index (χ4n) is 1.84. The summed E-state index contributed by atoms with van der Waals surface area (Å²) in [6.07, 6.45) is 1.76. The zero-order valence-corrected chi connectivity index (χ0v) is 10.6. The minimum absolute atomic E-state index is 0.101. The molecule has 0 spiro atoms. The second-order valence-corrected chi connectivity index (χ2v) is 4.19. The van der Waals surface area contributed by atoms with Crippen LogP contribution in [0.25, 0.3) is 0 Å². The number of anilines is 1. The van der Waals surface area contributed by atoms with Crippen molar-refractivity contribution in [2.75, 3.05) is 5.32 Å². The highest BCUT2D eigenvalue weighted by atomic mass is 19.1. The summed E-state index contributed by atoms with van der Waals surface area (Å²) in [6, 6.07) is 3.41. The van der Waals surface area contributed by atoms with Crippen LogP contribution in [0.3, 0.4) is 0 Å². The Morgan fingerprint density at radius 3 is 2.84 bits per heavy atom. The lowest BCUT2D eigenvalue weighted by Gasteiger charge is -2.06. The van der Waals surface area contributed by atoms with E-state index in [1.165, 1.54) is 6.07 Å². The second-order valence-electron chi connectivity index (χ2n) is 4.19. The quantitative estimate of drug-likeness (QED) is 0.679. The van der Waals surface area contributed by atoms with E-state index < -0.39 is 10.7 Å². The number of halogens is 1. The summed E-state index contributed by atoms with van der Waals surface area (Å²) in [5.74, 6) is -0.495. The molecular weight excluding hydrogens is 251 g/mol. The number of nitro benzene ring substituents is 1. The van der Waals surface area contributed by atoms with Gasteiger partial charge in [-0.3, -0.25) is 14.8 Å². The maximum atomic E-state index is 13.2. The fourth-order valence-corrected chi connectivity index (χ4v) is 1.84. The molecule has 0 atom stereocenters. The smallest absolute Gasteiger partial charge is 0.274 e. The molecule has 0 amide bonds. The first-order valence-corrected chi connectivity index (χ1v) is 5.64. The van der Waals surface area contributed by atoms with Crippen molar-refractivity contribution in [3.05, 3.63) is 51.6 Å². The highest BCUT2D eigenvalue weighted by Gasteiger charge is 2.14. The van der Waals surface area contributed by atoms with Crippen LogP contribution in [0.15, 0.2) is 24.4 Å². The van der Waals surface area contributed by atoms with Gasteiger partial charge in [-0.2, -0.15) is 5.10 Å². The maximum Gasteiger partial charge on any atom is 0.274 e. The molecule has 0 saturated heterocycles. The number of nitrogens with one attached hydrogen (secondary N) is 1. The van der Waals surface area contributed by atoms with E-state index in [4.69, 9.17) is 0 Å². The molecule has 0 aliphatic rings. The topological polar surface area (TPSA) is 73.0 Å². The van der Waals surface area contributed by atoms with Crippen molar-refractivity contribution in [2.45, 2.75) is 13.5 Å². The lowest BCUT2D eigenvalue weighted by atomic mass is 10.1. The molecule has 0 saturated carbocycles. The number of rotatable bonds is 4. The zero-order chi connectivity index (χ0) is 14.0. The maximum absolute atomic E-state index is 13.2. The second kappa shape index (κ2) is 5.05. The summed E-state index contributed by atoms with van der Waals surface area (Å²) in [4.78, 5) is 10.3. The van der Waals surface area contributed by atoms with Gasteiger partial charge in [0.25, 0.3) is 5.69 Å². The lowest BCUT2D eigenvalue weighted by molar-refractivity contribution is -0.385. The Kier molecular flexibility index (Phi) is 3.46. The lowest BCUT2D eigenvalue weighted by Crippen LogP contribution is -2.04. The average Bonchev–Trinajstić information content (AvgIpc) is 2.65. The van der Waals surface area contributed by atoms with Gasteiger partial charge < -0.3 is 5.32 Å². The van der Waals surface area contributed by atoms with Gasteiger partial charge >= 0.3 is 0 Å². The standard InChI is InChI=1S/C12H13FN4O2/c1-8-11(7-16(2)15-8)14-6-9-5-10(13)3-4-12(9)17(18)19/h3-5,7,14H,6H2,1-2H3.